The van der Waals surface area contributed by atoms with Crippen LogP contribution in [0.2, 0.25) is 10.0 Å². The first-order valence-electron chi connectivity index (χ1n) is 9.38. The topological polar surface area (TPSA) is 94.4 Å². The molecule has 0 aromatic heterocycles. The summed E-state index contributed by atoms with van der Waals surface area (Å²) in [7, 11) is 0. The molecule has 0 spiro atoms. The number of ether oxygens (including phenoxy) is 2. The molecule has 3 atom stereocenters. The number of piperidine rings is 1. The lowest BCUT2D eigenvalue weighted by molar-refractivity contribution is -0.110. The predicted molar refractivity (Wildman–Crippen MR) is 111 cm³/mol. The van der Waals surface area contributed by atoms with Crippen molar-refractivity contribution in [2.24, 2.45) is 0 Å². The van der Waals surface area contributed by atoms with E-state index in [4.69, 9.17) is 32.7 Å². The van der Waals surface area contributed by atoms with Crippen molar-refractivity contribution in [1.29, 1.82) is 0 Å². The van der Waals surface area contributed by atoms with Crippen molar-refractivity contribution in [3.63, 3.8) is 0 Å². The lowest BCUT2D eigenvalue weighted by atomic mass is 9.89. The lowest BCUT2D eigenvalue weighted by Gasteiger charge is -2.42. The van der Waals surface area contributed by atoms with E-state index in [-0.39, 0.29) is 31.2 Å². The molecule has 0 amide bonds. The molecule has 0 radical (unpaired) electrons. The molecule has 2 heterocycles. The summed E-state index contributed by atoms with van der Waals surface area (Å²) < 4.78 is 25.2. The maximum atomic E-state index is 14.2. The van der Waals surface area contributed by atoms with Gasteiger partial charge in [0.05, 0.1) is 23.0 Å². The van der Waals surface area contributed by atoms with Gasteiger partial charge in [-0.15, -0.1) is 0 Å². The van der Waals surface area contributed by atoms with Crippen LogP contribution in [0.5, 0.6) is 5.75 Å². The molecular weight excluding hydrogens is 438 g/mol. The summed E-state index contributed by atoms with van der Waals surface area (Å²) in [5.74, 6) is -0.0699. The van der Waals surface area contributed by atoms with Gasteiger partial charge in [0.2, 0.25) is 6.41 Å². The fraction of sp³-hybridized carbons (Fsp3) is 0.400. The first-order valence-corrected chi connectivity index (χ1v) is 10.1. The molecule has 10 heteroatoms. The molecule has 2 aromatic carbocycles. The highest BCUT2D eigenvalue weighted by atomic mass is 35.5. The van der Waals surface area contributed by atoms with Gasteiger partial charge in [-0.3, -0.25) is 0 Å². The summed E-state index contributed by atoms with van der Waals surface area (Å²) in [5, 5.41) is 34.5. The Balaban J connectivity index is 1.45. The monoisotopic (exact) mass is 458 g/mol. The number of fused-ring (bicyclic) bond motifs is 1. The van der Waals surface area contributed by atoms with E-state index in [0.29, 0.717) is 34.3 Å². The highest BCUT2D eigenvalue weighted by Gasteiger charge is 2.42. The minimum atomic E-state index is -1.52. The fourth-order valence-corrected chi connectivity index (χ4v) is 4.05. The number of hydrogen-bond donors (Lipinski definition) is 4. The second-order valence-electron chi connectivity index (χ2n) is 7.41. The SMILES string of the molecule is OC1Nc2c(Cl)ccc(OC[C@]3(O)CCN(c4ccc(Cl)cc4F)C[C@H]3O)c2CO1. The van der Waals surface area contributed by atoms with Crippen LogP contribution >= 0.6 is 23.2 Å². The zero-order valence-corrected chi connectivity index (χ0v) is 17.3. The average molecular weight is 459 g/mol. The summed E-state index contributed by atoms with van der Waals surface area (Å²) >= 11 is 12.0. The smallest absolute Gasteiger partial charge is 0.235 e. The third kappa shape index (κ3) is 4.16. The Morgan fingerprint density at radius 3 is 2.80 bits per heavy atom. The largest absolute Gasteiger partial charge is 0.490 e. The van der Waals surface area contributed by atoms with Crippen LogP contribution in [0.4, 0.5) is 15.8 Å². The Bertz CT molecular complexity index is 950. The maximum Gasteiger partial charge on any atom is 0.235 e. The number of nitrogens with zero attached hydrogens (tertiary/aromatic N) is 1. The Morgan fingerprint density at radius 1 is 1.27 bits per heavy atom. The quantitative estimate of drug-likeness (QED) is 0.559. The molecule has 1 saturated heterocycles. The number of halogens is 3. The molecular formula is C20H21Cl2FN2O5. The van der Waals surface area contributed by atoms with Crippen LogP contribution in [0.3, 0.4) is 0 Å². The zero-order valence-electron chi connectivity index (χ0n) is 15.8. The van der Waals surface area contributed by atoms with Crippen LogP contribution < -0.4 is 15.0 Å². The number of nitrogens with one attached hydrogen (secondary N) is 1. The Labute approximate surface area is 182 Å². The van der Waals surface area contributed by atoms with E-state index in [2.05, 4.69) is 5.32 Å². The van der Waals surface area contributed by atoms with Gasteiger partial charge in [-0.1, -0.05) is 23.2 Å². The third-order valence-electron chi connectivity index (χ3n) is 5.43. The van der Waals surface area contributed by atoms with Gasteiger partial charge in [0.1, 0.15) is 29.9 Å². The standard InChI is InChI=1S/C20H21Cl2FN2O5/c21-11-1-3-15(14(23)7-11)25-6-5-20(28,17(26)8-25)10-30-16-4-2-13(22)18-12(16)9-29-19(27)24-18/h1-4,7,17,19,24,26-28H,5-6,8-10H2/t17-,19?,20-/m1/s1. The molecule has 2 aromatic rings. The van der Waals surface area contributed by atoms with Gasteiger partial charge < -0.3 is 35.0 Å². The molecule has 4 rings (SSSR count). The van der Waals surface area contributed by atoms with Gasteiger partial charge in [-0.05, 0) is 36.8 Å². The minimum Gasteiger partial charge on any atom is -0.490 e. The molecule has 30 heavy (non-hydrogen) atoms. The van der Waals surface area contributed by atoms with Crippen LogP contribution in [-0.4, -0.2) is 53.1 Å². The van der Waals surface area contributed by atoms with Crippen LogP contribution in [0.25, 0.3) is 0 Å². The number of β-amino-alcohol motifs (C(OH)–C–C–N with tert-alkyl or cyclic N) is 1. The summed E-state index contributed by atoms with van der Waals surface area (Å²) in [6.45, 7) is 0.255. The van der Waals surface area contributed by atoms with Crippen molar-refractivity contribution >= 4 is 34.6 Å². The molecule has 162 valence electrons. The molecule has 1 unspecified atom stereocenters. The molecule has 2 aliphatic rings. The number of aliphatic hydroxyl groups is 3. The Morgan fingerprint density at radius 2 is 2.07 bits per heavy atom. The summed E-state index contributed by atoms with van der Waals surface area (Å²) in [6.07, 6.45) is -2.17. The van der Waals surface area contributed by atoms with Crippen molar-refractivity contribution in [3.05, 3.63) is 51.8 Å². The van der Waals surface area contributed by atoms with Gasteiger partial charge >= 0.3 is 0 Å². The van der Waals surface area contributed by atoms with Crippen molar-refractivity contribution in [3.8, 4) is 5.75 Å². The third-order valence-corrected chi connectivity index (χ3v) is 5.98. The molecule has 2 aliphatic heterocycles. The first kappa shape index (κ1) is 21.4. The van der Waals surface area contributed by atoms with Gasteiger partial charge in [0.15, 0.2) is 0 Å². The van der Waals surface area contributed by atoms with E-state index >= 15 is 0 Å². The molecule has 0 aliphatic carbocycles. The highest BCUT2D eigenvalue weighted by Crippen LogP contribution is 2.38. The normalized spacial score (nSPS) is 26.1. The van der Waals surface area contributed by atoms with E-state index in [0.717, 1.165) is 0 Å². The average Bonchev–Trinajstić information content (AvgIpc) is 2.70. The summed E-state index contributed by atoms with van der Waals surface area (Å²) in [5.41, 5.74) is -0.107. The summed E-state index contributed by atoms with van der Waals surface area (Å²) in [4.78, 5) is 1.66. The second-order valence-corrected chi connectivity index (χ2v) is 8.25. The van der Waals surface area contributed by atoms with Crippen molar-refractivity contribution in [2.45, 2.75) is 31.1 Å². The molecule has 0 saturated carbocycles. The zero-order chi connectivity index (χ0) is 21.5. The van der Waals surface area contributed by atoms with Gasteiger partial charge in [-0.25, -0.2) is 4.39 Å². The van der Waals surface area contributed by atoms with Gasteiger partial charge in [-0.2, -0.15) is 0 Å². The lowest BCUT2D eigenvalue weighted by Crippen LogP contribution is -2.58. The van der Waals surface area contributed by atoms with E-state index in [1.165, 1.54) is 6.07 Å². The summed E-state index contributed by atoms with van der Waals surface area (Å²) in [6, 6.07) is 7.58. The van der Waals surface area contributed by atoms with E-state index in [1.54, 1.807) is 29.2 Å². The minimum absolute atomic E-state index is 0.0357. The predicted octanol–water partition coefficient (Wildman–Crippen LogP) is 2.73. The second kappa shape index (κ2) is 8.37. The number of anilines is 2. The number of hydrogen-bond acceptors (Lipinski definition) is 7. The van der Waals surface area contributed by atoms with Crippen LogP contribution in [-0.2, 0) is 11.3 Å². The fourth-order valence-electron chi connectivity index (χ4n) is 3.65. The van der Waals surface area contributed by atoms with E-state index in [1.807, 2.05) is 0 Å². The van der Waals surface area contributed by atoms with Crippen molar-refractivity contribution in [1.82, 2.24) is 0 Å². The van der Waals surface area contributed by atoms with E-state index < -0.39 is 23.9 Å². The van der Waals surface area contributed by atoms with Crippen LogP contribution in [0.1, 0.15) is 12.0 Å². The molecule has 0 bridgehead atoms. The number of aliphatic hydroxyl groups excluding tert-OH is 2. The molecule has 1 fully saturated rings. The van der Waals surface area contributed by atoms with Gasteiger partial charge in [0.25, 0.3) is 0 Å². The molecule has 4 N–H and O–H groups in total. The van der Waals surface area contributed by atoms with E-state index in [9.17, 15) is 19.7 Å². The maximum absolute atomic E-state index is 14.2. The van der Waals surface area contributed by atoms with Crippen LogP contribution in [0.15, 0.2) is 30.3 Å². The Hall–Kier alpha value is -1.81. The van der Waals surface area contributed by atoms with Crippen molar-refractivity contribution in [2.75, 3.05) is 29.9 Å². The first-order chi connectivity index (χ1) is 14.3. The number of rotatable bonds is 4. The highest BCUT2D eigenvalue weighted by molar-refractivity contribution is 6.33. The van der Waals surface area contributed by atoms with Crippen molar-refractivity contribution < 1.29 is 29.2 Å². The molecule has 7 nitrogen and oxygen atoms in total. The number of benzene rings is 2. The van der Waals surface area contributed by atoms with Gasteiger partial charge in [0, 0.05) is 23.7 Å². The van der Waals surface area contributed by atoms with Crippen LogP contribution in [0, 0.1) is 5.82 Å². The Kier molecular flexibility index (Phi) is 5.98.